The monoisotopic (exact) mass is 359 g/mol. The number of rotatable bonds is 1. The number of fused-ring (bicyclic) bond motifs is 5. The summed E-state index contributed by atoms with van der Waals surface area (Å²) >= 11 is 0. The molecule has 0 heterocycles. The van der Waals surface area contributed by atoms with Gasteiger partial charge in [-0.1, -0.05) is 32.8 Å². The summed E-state index contributed by atoms with van der Waals surface area (Å²) in [4.78, 5) is 28.7. The van der Waals surface area contributed by atoms with E-state index in [0.717, 1.165) is 36.2 Å². The first-order chi connectivity index (χ1) is 12.4. The quantitative estimate of drug-likeness (QED) is 0.699. The highest BCUT2D eigenvalue weighted by Gasteiger charge is 2.59. The van der Waals surface area contributed by atoms with Crippen molar-refractivity contribution in [1.29, 1.82) is 0 Å². The van der Waals surface area contributed by atoms with Gasteiger partial charge in [-0.15, -0.1) is 0 Å². The third-order valence-electron chi connectivity index (χ3n) is 8.67. The standard InChI is InChI=1S/C22H33NO3/c1-14(24)23-26-20(25)19-10-9-17-16-8-7-15-6-4-5-12-21(15,2)18(16)11-13-22(17,19)3/h10,15-18H,4-9,11-13H2,1-3H3,(H,23,24)/t15?,16-,17-,18-,21-,22-/m0/s1. The Morgan fingerprint density at radius 1 is 1.08 bits per heavy atom. The number of amides is 1. The van der Waals surface area contributed by atoms with Gasteiger partial charge in [-0.3, -0.25) is 4.79 Å². The van der Waals surface area contributed by atoms with E-state index in [4.69, 9.17) is 4.84 Å². The first-order valence-electron chi connectivity index (χ1n) is 10.5. The maximum atomic E-state index is 12.6. The summed E-state index contributed by atoms with van der Waals surface area (Å²) in [5.41, 5.74) is 3.43. The topological polar surface area (TPSA) is 55.4 Å². The first kappa shape index (κ1) is 18.1. The third-order valence-corrected chi connectivity index (χ3v) is 8.67. The number of nitrogens with one attached hydrogen (secondary N) is 1. The van der Waals surface area contributed by atoms with Crippen LogP contribution in [0.1, 0.15) is 78.6 Å². The highest BCUT2D eigenvalue weighted by atomic mass is 16.7. The van der Waals surface area contributed by atoms with Gasteiger partial charge < -0.3 is 4.84 Å². The Morgan fingerprint density at radius 2 is 1.88 bits per heavy atom. The van der Waals surface area contributed by atoms with E-state index >= 15 is 0 Å². The molecule has 6 atom stereocenters. The summed E-state index contributed by atoms with van der Waals surface area (Å²) in [6, 6.07) is 0. The molecule has 144 valence electrons. The van der Waals surface area contributed by atoms with Gasteiger partial charge in [0.15, 0.2) is 0 Å². The van der Waals surface area contributed by atoms with Crippen molar-refractivity contribution in [1.82, 2.24) is 5.48 Å². The van der Waals surface area contributed by atoms with Crippen molar-refractivity contribution in [3.05, 3.63) is 11.6 Å². The van der Waals surface area contributed by atoms with Crippen LogP contribution in [0.5, 0.6) is 0 Å². The zero-order chi connectivity index (χ0) is 18.5. The van der Waals surface area contributed by atoms with Crippen molar-refractivity contribution in [2.45, 2.75) is 78.6 Å². The summed E-state index contributed by atoms with van der Waals surface area (Å²) in [6.45, 7) is 6.19. The summed E-state index contributed by atoms with van der Waals surface area (Å²) < 4.78 is 0. The summed E-state index contributed by atoms with van der Waals surface area (Å²) in [5, 5.41) is 0. The largest absolute Gasteiger partial charge is 0.359 e. The van der Waals surface area contributed by atoms with Gasteiger partial charge in [0.2, 0.25) is 5.91 Å². The number of carbonyl (C=O) groups is 2. The molecule has 0 saturated heterocycles. The number of hydroxylamine groups is 1. The highest BCUT2D eigenvalue weighted by Crippen LogP contribution is 2.66. The van der Waals surface area contributed by atoms with Crippen LogP contribution in [0, 0.1) is 34.5 Å². The van der Waals surface area contributed by atoms with Crippen LogP contribution in [0.3, 0.4) is 0 Å². The van der Waals surface area contributed by atoms with Gasteiger partial charge in [0.25, 0.3) is 0 Å². The molecule has 4 rings (SSSR count). The summed E-state index contributed by atoms with van der Waals surface area (Å²) in [5.74, 6) is 2.32. The molecule has 4 aliphatic carbocycles. The van der Waals surface area contributed by atoms with Gasteiger partial charge in [0.05, 0.1) is 0 Å². The van der Waals surface area contributed by atoms with E-state index in [1.807, 2.05) is 0 Å². The van der Waals surface area contributed by atoms with Crippen LogP contribution in [0.15, 0.2) is 11.6 Å². The molecule has 4 nitrogen and oxygen atoms in total. The Morgan fingerprint density at radius 3 is 2.65 bits per heavy atom. The van der Waals surface area contributed by atoms with Crippen molar-refractivity contribution < 1.29 is 14.4 Å². The van der Waals surface area contributed by atoms with Crippen LogP contribution in [0.25, 0.3) is 0 Å². The molecule has 0 aromatic rings. The van der Waals surface area contributed by atoms with Gasteiger partial charge in [-0.25, -0.2) is 4.79 Å². The van der Waals surface area contributed by atoms with E-state index in [9.17, 15) is 9.59 Å². The molecule has 0 aromatic carbocycles. The van der Waals surface area contributed by atoms with Crippen LogP contribution >= 0.6 is 0 Å². The van der Waals surface area contributed by atoms with Crippen LogP contribution in [0.4, 0.5) is 0 Å². The fourth-order valence-corrected chi connectivity index (χ4v) is 7.35. The second kappa shape index (κ2) is 6.38. The summed E-state index contributed by atoms with van der Waals surface area (Å²) in [6.07, 6.45) is 13.7. The van der Waals surface area contributed by atoms with Crippen molar-refractivity contribution in [3.8, 4) is 0 Å². The second-order valence-electron chi connectivity index (χ2n) is 9.76. The maximum Gasteiger partial charge on any atom is 0.359 e. The van der Waals surface area contributed by atoms with Crippen molar-refractivity contribution >= 4 is 11.9 Å². The fourth-order valence-electron chi connectivity index (χ4n) is 7.35. The van der Waals surface area contributed by atoms with Crippen LogP contribution < -0.4 is 5.48 Å². The molecule has 0 spiro atoms. The zero-order valence-corrected chi connectivity index (χ0v) is 16.5. The minimum atomic E-state index is -0.360. The van der Waals surface area contributed by atoms with E-state index in [0.29, 0.717) is 11.3 Å². The Labute approximate surface area is 157 Å². The van der Waals surface area contributed by atoms with Gasteiger partial charge in [0, 0.05) is 17.9 Å². The number of carbonyl (C=O) groups excluding carboxylic acids is 2. The van der Waals surface area contributed by atoms with Gasteiger partial charge >= 0.3 is 5.97 Å². The lowest BCUT2D eigenvalue weighted by Crippen LogP contribution is -2.52. The smallest absolute Gasteiger partial charge is 0.336 e. The number of hydrogen-bond acceptors (Lipinski definition) is 3. The SMILES string of the molecule is CC(=O)NOC(=O)C1=CC[C@H]2[C@@H]3CCC4CCCC[C@]4(C)[C@H]3CC[C@]12C. The average Bonchev–Trinajstić information content (AvgIpc) is 2.96. The highest BCUT2D eigenvalue weighted by molar-refractivity contribution is 5.91. The molecule has 0 aromatic heterocycles. The van der Waals surface area contributed by atoms with E-state index in [-0.39, 0.29) is 17.3 Å². The van der Waals surface area contributed by atoms with E-state index < -0.39 is 0 Å². The van der Waals surface area contributed by atoms with Gasteiger partial charge in [0.1, 0.15) is 0 Å². The molecule has 1 N–H and O–H groups in total. The minimum Gasteiger partial charge on any atom is -0.336 e. The molecule has 1 unspecified atom stereocenters. The molecule has 4 aliphatic rings. The normalized spacial score (nSPS) is 44.2. The van der Waals surface area contributed by atoms with E-state index in [2.05, 4.69) is 25.4 Å². The minimum absolute atomic E-state index is 0.0887. The molecular weight excluding hydrogens is 326 g/mol. The van der Waals surface area contributed by atoms with Gasteiger partial charge in [-0.2, -0.15) is 5.48 Å². The first-order valence-corrected chi connectivity index (χ1v) is 10.5. The predicted octanol–water partition coefficient (Wildman–Crippen LogP) is 4.55. The Bertz CT molecular complexity index is 641. The predicted molar refractivity (Wildman–Crippen MR) is 99.7 cm³/mol. The summed E-state index contributed by atoms with van der Waals surface area (Å²) in [7, 11) is 0. The van der Waals surface area contributed by atoms with E-state index in [1.54, 1.807) is 0 Å². The molecule has 1 amide bonds. The average molecular weight is 360 g/mol. The molecule has 4 heteroatoms. The van der Waals surface area contributed by atoms with Gasteiger partial charge in [-0.05, 0) is 74.0 Å². The number of hydrogen-bond donors (Lipinski definition) is 1. The maximum absolute atomic E-state index is 12.6. The molecule has 3 saturated carbocycles. The molecule has 26 heavy (non-hydrogen) atoms. The zero-order valence-electron chi connectivity index (χ0n) is 16.5. The number of allylic oxidation sites excluding steroid dienone is 1. The molecule has 0 bridgehead atoms. The lowest BCUT2D eigenvalue weighted by Gasteiger charge is -2.60. The van der Waals surface area contributed by atoms with Crippen LogP contribution in [-0.4, -0.2) is 11.9 Å². The third kappa shape index (κ3) is 2.63. The van der Waals surface area contributed by atoms with Crippen molar-refractivity contribution in [2.24, 2.45) is 34.5 Å². The van der Waals surface area contributed by atoms with Crippen LogP contribution in [0.2, 0.25) is 0 Å². The Hall–Kier alpha value is -1.32. The molecule has 0 aliphatic heterocycles. The molecule has 0 radical (unpaired) electrons. The Kier molecular flexibility index (Phi) is 4.44. The molecule has 3 fully saturated rings. The van der Waals surface area contributed by atoms with Crippen molar-refractivity contribution in [3.63, 3.8) is 0 Å². The fraction of sp³-hybridized carbons (Fsp3) is 0.818. The molecular formula is C22H33NO3. The lowest BCUT2D eigenvalue weighted by molar-refractivity contribution is -0.156. The van der Waals surface area contributed by atoms with Crippen LogP contribution in [-0.2, 0) is 14.4 Å². The second-order valence-corrected chi connectivity index (χ2v) is 9.76. The lowest BCUT2D eigenvalue weighted by atomic mass is 9.45. The Balaban J connectivity index is 1.54. The van der Waals surface area contributed by atoms with E-state index in [1.165, 1.54) is 51.9 Å². The van der Waals surface area contributed by atoms with Crippen molar-refractivity contribution in [2.75, 3.05) is 0 Å².